The minimum atomic E-state index is -4.25. The van der Waals surface area contributed by atoms with E-state index in [0.29, 0.717) is 0 Å². The average molecular weight is 283 g/mol. The first-order valence-corrected chi connectivity index (χ1v) is 6.39. The Balaban J connectivity index is 2.49. The van der Waals surface area contributed by atoms with E-state index in [9.17, 15) is 18.0 Å². The summed E-state index contributed by atoms with van der Waals surface area (Å²) >= 11 is 0.874. The van der Waals surface area contributed by atoms with E-state index in [4.69, 9.17) is 5.11 Å². The normalized spacial score (nSPS) is 11.5. The maximum atomic E-state index is 11.8. The van der Waals surface area contributed by atoms with E-state index in [1.54, 1.807) is 0 Å². The van der Waals surface area contributed by atoms with E-state index in [0.717, 1.165) is 11.8 Å². The van der Waals surface area contributed by atoms with Gasteiger partial charge in [-0.25, -0.2) is 9.78 Å². The molecule has 94 valence electrons. The van der Waals surface area contributed by atoms with Crippen LogP contribution < -0.4 is 0 Å². The Hall–Kier alpha value is -0.890. The molecule has 0 saturated heterocycles. The summed E-state index contributed by atoms with van der Waals surface area (Å²) in [4.78, 5) is 14.6. The smallest absolute Gasteiger partial charge is 0.441 e. The van der Waals surface area contributed by atoms with Crippen LogP contribution in [0, 0.1) is 0 Å². The number of aromatic nitrogens is 1. The number of carboxylic acids is 1. The number of pyridine rings is 1. The zero-order valence-corrected chi connectivity index (χ0v) is 10.0. The maximum Gasteiger partial charge on any atom is 0.441 e. The fourth-order valence-electron chi connectivity index (χ4n) is 0.964. The van der Waals surface area contributed by atoms with Crippen molar-refractivity contribution < 1.29 is 23.1 Å². The molecule has 0 atom stereocenters. The fraction of sp³-hybridized carbons (Fsp3) is 0.333. The minimum Gasteiger partial charge on any atom is -0.478 e. The van der Waals surface area contributed by atoms with Crippen LogP contribution in [-0.2, 0) is 0 Å². The molecule has 0 saturated carbocycles. The van der Waals surface area contributed by atoms with E-state index in [1.165, 1.54) is 18.3 Å². The molecule has 1 heterocycles. The summed E-state index contributed by atoms with van der Waals surface area (Å²) in [5, 5.41) is 9.05. The predicted octanol–water partition coefficient (Wildman–Crippen LogP) is 3.12. The minimum absolute atomic E-state index is 0.00880. The Morgan fingerprint density at radius 2 is 2.12 bits per heavy atom. The average Bonchev–Trinajstić information content (AvgIpc) is 2.23. The van der Waals surface area contributed by atoms with Gasteiger partial charge >= 0.3 is 11.5 Å². The highest BCUT2D eigenvalue weighted by molar-refractivity contribution is 8.03. The molecule has 0 radical (unpaired) electrons. The lowest BCUT2D eigenvalue weighted by Gasteiger charge is -2.06. The fourth-order valence-corrected chi connectivity index (χ4v) is 2.50. The van der Waals surface area contributed by atoms with Gasteiger partial charge in [-0.3, -0.25) is 0 Å². The summed E-state index contributed by atoms with van der Waals surface area (Å²) in [6.07, 6.45) is 1.41. The van der Waals surface area contributed by atoms with Gasteiger partial charge < -0.3 is 5.11 Å². The van der Waals surface area contributed by atoms with Crippen molar-refractivity contribution in [3.05, 3.63) is 23.9 Å². The number of hydrogen-bond donors (Lipinski definition) is 1. The number of thioether (sulfide) groups is 2. The largest absolute Gasteiger partial charge is 0.478 e. The van der Waals surface area contributed by atoms with Gasteiger partial charge in [0.1, 0.15) is 5.03 Å². The summed E-state index contributed by atoms with van der Waals surface area (Å²) in [5.41, 5.74) is -4.24. The number of rotatable bonds is 5. The highest BCUT2D eigenvalue weighted by Gasteiger charge is 2.27. The van der Waals surface area contributed by atoms with Gasteiger partial charge in [-0.05, 0) is 12.1 Å². The lowest BCUT2D eigenvalue weighted by Crippen LogP contribution is -2.04. The van der Waals surface area contributed by atoms with Crippen molar-refractivity contribution in [1.82, 2.24) is 4.98 Å². The van der Waals surface area contributed by atoms with Crippen LogP contribution >= 0.6 is 23.5 Å². The second-order valence-electron chi connectivity index (χ2n) is 2.80. The molecule has 3 nitrogen and oxygen atoms in total. The molecule has 0 unspecified atom stereocenters. The van der Waals surface area contributed by atoms with E-state index in [1.807, 2.05) is 0 Å². The number of aromatic carboxylic acids is 1. The van der Waals surface area contributed by atoms with E-state index in [-0.39, 0.29) is 33.9 Å². The number of hydrogen-bond acceptors (Lipinski definition) is 4. The van der Waals surface area contributed by atoms with Crippen LogP contribution in [0.15, 0.2) is 23.4 Å². The van der Waals surface area contributed by atoms with E-state index in [2.05, 4.69) is 4.98 Å². The second-order valence-corrected chi connectivity index (χ2v) is 5.05. The van der Waals surface area contributed by atoms with Crippen LogP contribution in [0.4, 0.5) is 13.2 Å². The quantitative estimate of drug-likeness (QED) is 0.664. The number of carboxylic acid groups (broad SMARTS) is 1. The monoisotopic (exact) mass is 283 g/mol. The Morgan fingerprint density at radius 1 is 1.41 bits per heavy atom. The van der Waals surface area contributed by atoms with Gasteiger partial charge in [-0.1, -0.05) is 11.8 Å². The number of alkyl halides is 3. The highest BCUT2D eigenvalue weighted by atomic mass is 32.2. The second kappa shape index (κ2) is 6.15. The van der Waals surface area contributed by atoms with Gasteiger partial charge in [0, 0.05) is 17.7 Å². The molecule has 0 amide bonds. The third-order valence-corrected chi connectivity index (χ3v) is 3.59. The van der Waals surface area contributed by atoms with Crippen LogP contribution in [-0.4, -0.2) is 33.1 Å². The SMILES string of the molecule is O=C(O)c1cccnc1SCCSC(F)(F)F. The van der Waals surface area contributed by atoms with Crippen molar-refractivity contribution in [3.63, 3.8) is 0 Å². The first kappa shape index (κ1) is 14.2. The summed E-state index contributed by atoms with van der Waals surface area (Å²) in [6.45, 7) is 0. The van der Waals surface area contributed by atoms with Gasteiger partial charge in [0.15, 0.2) is 0 Å². The molecule has 17 heavy (non-hydrogen) atoms. The van der Waals surface area contributed by atoms with Crippen LogP contribution in [0.25, 0.3) is 0 Å². The Labute approximate surface area is 104 Å². The maximum absolute atomic E-state index is 11.8. The molecular weight excluding hydrogens is 275 g/mol. The molecule has 0 aliphatic rings. The molecule has 0 aromatic carbocycles. The predicted molar refractivity (Wildman–Crippen MR) is 60.4 cm³/mol. The highest BCUT2D eigenvalue weighted by Crippen LogP contribution is 2.31. The summed E-state index contributed by atoms with van der Waals surface area (Å²) in [7, 11) is 0. The van der Waals surface area contributed by atoms with E-state index < -0.39 is 11.5 Å². The van der Waals surface area contributed by atoms with Gasteiger partial charge in [0.25, 0.3) is 0 Å². The van der Waals surface area contributed by atoms with Gasteiger partial charge in [-0.2, -0.15) is 13.2 Å². The van der Waals surface area contributed by atoms with Crippen molar-refractivity contribution in [1.29, 1.82) is 0 Å². The number of nitrogens with zero attached hydrogens (tertiary/aromatic N) is 1. The zero-order chi connectivity index (χ0) is 12.9. The number of carbonyl (C=O) groups is 1. The molecule has 0 bridgehead atoms. The van der Waals surface area contributed by atoms with Crippen LogP contribution in [0.3, 0.4) is 0 Å². The molecule has 1 rings (SSSR count). The van der Waals surface area contributed by atoms with E-state index >= 15 is 0 Å². The molecule has 1 aromatic heterocycles. The lowest BCUT2D eigenvalue weighted by atomic mass is 10.3. The van der Waals surface area contributed by atoms with Crippen LogP contribution in [0.2, 0.25) is 0 Å². The Kier molecular flexibility index (Phi) is 5.13. The molecule has 1 aromatic rings. The van der Waals surface area contributed by atoms with Crippen LogP contribution in [0.1, 0.15) is 10.4 Å². The first-order valence-electron chi connectivity index (χ1n) is 4.42. The van der Waals surface area contributed by atoms with Crippen molar-refractivity contribution in [2.45, 2.75) is 10.5 Å². The number of halogens is 3. The molecule has 0 fully saturated rings. The summed E-state index contributed by atoms with van der Waals surface area (Å²) < 4.78 is 35.5. The standard InChI is InChI=1S/C9H8F3NO2S2/c10-9(11,12)17-5-4-16-7-6(8(14)15)2-1-3-13-7/h1-3H,4-5H2,(H,14,15). The Morgan fingerprint density at radius 3 is 2.71 bits per heavy atom. The molecule has 1 N–H and O–H groups in total. The third kappa shape index (κ3) is 5.31. The van der Waals surface area contributed by atoms with Crippen LogP contribution in [0.5, 0.6) is 0 Å². The Bertz CT molecular complexity index is 398. The lowest BCUT2D eigenvalue weighted by molar-refractivity contribution is -0.0326. The van der Waals surface area contributed by atoms with Crippen molar-refractivity contribution in [3.8, 4) is 0 Å². The van der Waals surface area contributed by atoms with Gasteiger partial charge in [0.2, 0.25) is 0 Å². The zero-order valence-electron chi connectivity index (χ0n) is 8.40. The van der Waals surface area contributed by atoms with Crippen molar-refractivity contribution >= 4 is 29.5 Å². The first-order chi connectivity index (χ1) is 7.90. The molecule has 0 aliphatic heterocycles. The molecule has 0 spiro atoms. The molecule has 0 aliphatic carbocycles. The van der Waals surface area contributed by atoms with Crippen molar-refractivity contribution in [2.24, 2.45) is 0 Å². The van der Waals surface area contributed by atoms with Gasteiger partial charge in [-0.15, -0.1) is 11.8 Å². The topological polar surface area (TPSA) is 50.2 Å². The summed E-state index contributed by atoms with van der Waals surface area (Å²) in [6, 6.07) is 2.84. The van der Waals surface area contributed by atoms with Gasteiger partial charge in [0.05, 0.1) is 5.56 Å². The van der Waals surface area contributed by atoms with Crippen molar-refractivity contribution in [2.75, 3.05) is 11.5 Å². The summed E-state index contributed by atoms with van der Waals surface area (Å²) in [5.74, 6) is -1.12. The molecular formula is C9H8F3NO2S2. The molecule has 8 heteroatoms. The third-order valence-electron chi connectivity index (χ3n) is 1.59.